The number of benzene rings is 2. The van der Waals surface area contributed by atoms with Crippen LogP contribution in [0.25, 0.3) is 0 Å². The monoisotopic (exact) mass is 391 g/mol. The quantitative estimate of drug-likeness (QED) is 0.574. The molecule has 0 bridgehead atoms. The van der Waals surface area contributed by atoms with Gasteiger partial charge in [0.2, 0.25) is 5.91 Å². The summed E-state index contributed by atoms with van der Waals surface area (Å²) in [6, 6.07) is 13.1. The molecular formula is C19H15Cl2NO4. The van der Waals surface area contributed by atoms with Gasteiger partial charge in [0.15, 0.2) is 12.4 Å². The fourth-order valence-corrected chi connectivity index (χ4v) is 2.96. The fraction of sp³-hybridized carbons (Fsp3) is 0.211. The molecule has 1 aliphatic rings. The van der Waals surface area contributed by atoms with Crippen LogP contribution in [-0.4, -0.2) is 30.8 Å². The minimum absolute atomic E-state index is 0.0522. The molecule has 1 atom stereocenters. The van der Waals surface area contributed by atoms with Crippen molar-refractivity contribution in [3.05, 3.63) is 64.1 Å². The lowest BCUT2D eigenvalue weighted by atomic mass is 10.1. The summed E-state index contributed by atoms with van der Waals surface area (Å²) in [5.41, 5.74) is 1.08. The van der Waals surface area contributed by atoms with E-state index in [9.17, 15) is 14.4 Å². The summed E-state index contributed by atoms with van der Waals surface area (Å²) in [5.74, 6) is -1.65. The largest absolute Gasteiger partial charge is 0.457 e. The predicted octanol–water partition coefficient (Wildman–Crippen LogP) is 3.77. The molecule has 5 nitrogen and oxygen atoms in total. The van der Waals surface area contributed by atoms with Crippen LogP contribution in [0.2, 0.25) is 10.0 Å². The van der Waals surface area contributed by atoms with Crippen molar-refractivity contribution in [3.63, 3.8) is 0 Å². The van der Waals surface area contributed by atoms with Gasteiger partial charge in [-0.05, 0) is 48.5 Å². The number of esters is 1. The Kier molecular flexibility index (Phi) is 5.59. The SMILES string of the molecule is O=C(COC(=O)[C@@H]1CC(=O)N(c2ccc(Cl)cc2)C1)c1ccc(Cl)cc1. The van der Waals surface area contributed by atoms with Gasteiger partial charge in [-0.1, -0.05) is 23.2 Å². The van der Waals surface area contributed by atoms with E-state index in [4.69, 9.17) is 27.9 Å². The summed E-state index contributed by atoms with van der Waals surface area (Å²) in [7, 11) is 0. The van der Waals surface area contributed by atoms with Crippen molar-refractivity contribution >= 4 is 46.5 Å². The molecule has 7 heteroatoms. The second-order valence-electron chi connectivity index (χ2n) is 5.92. The van der Waals surface area contributed by atoms with E-state index in [-0.39, 0.29) is 31.3 Å². The number of hydrogen-bond donors (Lipinski definition) is 0. The van der Waals surface area contributed by atoms with Gasteiger partial charge >= 0.3 is 5.97 Å². The number of rotatable bonds is 5. The molecule has 0 saturated carbocycles. The molecule has 0 aromatic heterocycles. The van der Waals surface area contributed by atoms with Crippen LogP contribution in [0.15, 0.2) is 48.5 Å². The first-order valence-corrected chi connectivity index (χ1v) is 8.71. The molecule has 1 aliphatic heterocycles. The molecule has 1 saturated heterocycles. The first-order valence-electron chi connectivity index (χ1n) is 7.95. The Labute approximate surface area is 160 Å². The molecule has 0 aliphatic carbocycles. The smallest absolute Gasteiger partial charge is 0.311 e. The number of Topliss-reactive ketones (excluding diaryl/α,β-unsaturated/α-hetero) is 1. The van der Waals surface area contributed by atoms with E-state index < -0.39 is 11.9 Å². The zero-order valence-corrected chi connectivity index (χ0v) is 15.2. The Morgan fingerprint density at radius 1 is 1.00 bits per heavy atom. The number of carbonyl (C=O) groups is 3. The molecule has 1 amide bonds. The normalized spacial score (nSPS) is 16.6. The Morgan fingerprint density at radius 3 is 2.19 bits per heavy atom. The van der Waals surface area contributed by atoms with Crippen molar-refractivity contribution in [1.82, 2.24) is 0 Å². The molecule has 3 rings (SSSR count). The Hall–Kier alpha value is -2.37. The number of amides is 1. The maximum absolute atomic E-state index is 12.2. The van der Waals surface area contributed by atoms with Crippen molar-refractivity contribution in [2.24, 2.45) is 5.92 Å². The lowest BCUT2D eigenvalue weighted by Gasteiger charge is -2.16. The van der Waals surface area contributed by atoms with Crippen molar-refractivity contribution < 1.29 is 19.1 Å². The molecule has 134 valence electrons. The Morgan fingerprint density at radius 2 is 1.58 bits per heavy atom. The van der Waals surface area contributed by atoms with Crippen LogP contribution in [0, 0.1) is 5.92 Å². The predicted molar refractivity (Wildman–Crippen MR) is 98.7 cm³/mol. The summed E-state index contributed by atoms with van der Waals surface area (Å²) >= 11 is 11.6. The number of ether oxygens (including phenoxy) is 1. The Balaban J connectivity index is 1.57. The standard InChI is InChI=1S/C19H15Cl2NO4/c20-14-3-1-12(2-4-14)17(23)11-26-19(25)13-9-18(24)22(10-13)16-7-5-15(21)6-8-16/h1-8,13H,9-11H2/t13-/m1/s1. The lowest BCUT2D eigenvalue weighted by molar-refractivity contribution is -0.147. The molecule has 0 spiro atoms. The molecule has 0 N–H and O–H groups in total. The van der Waals surface area contributed by atoms with Crippen LogP contribution in [0.3, 0.4) is 0 Å². The van der Waals surface area contributed by atoms with Crippen molar-refractivity contribution in [3.8, 4) is 0 Å². The van der Waals surface area contributed by atoms with E-state index in [2.05, 4.69) is 0 Å². The summed E-state index contributed by atoms with van der Waals surface area (Å²) in [6.45, 7) is -0.152. The van der Waals surface area contributed by atoms with Crippen LogP contribution < -0.4 is 4.90 Å². The third-order valence-electron chi connectivity index (χ3n) is 4.11. The van der Waals surface area contributed by atoms with Gasteiger partial charge in [0, 0.05) is 34.3 Å². The van der Waals surface area contributed by atoms with E-state index in [0.717, 1.165) is 0 Å². The van der Waals surface area contributed by atoms with Crippen LogP contribution in [0.5, 0.6) is 0 Å². The van der Waals surface area contributed by atoms with Crippen LogP contribution in [0.1, 0.15) is 16.8 Å². The highest BCUT2D eigenvalue weighted by Crippen LogP contribution is 2.27. The van der Waals surface area contributed by atoms with E-state index in [1.165, 1.54) is 4.90 Å². The minimum atomic E-state index is -0.601. The zero-order valence-electron chi connectivity index (χ0n) is 13.7. The van der Waals surface area contributed by atoms with Crippen LogP contribution in [0.4, 0.5) is 5.69 Å². The summed E-state index contributed by atoms with van der Waals surface area (Å²) < 4.78 is 5.10. The minimum Gasteiger partial charge on any atom is -0.457 e. The summed E-state index contributed by atoms with van der Waals surface area (Å²) in [5, 5.41) is 1.09. The summed E-state index contributed by atoms with van der Waals surface area (Å²) in [6.07, 6.45) is 0.0522. The number of halogens is 2. The van der Waals surface area contributed by atoms with Crippen molar-refractivity contribution in [2.45, 2.75) is 6.42 Å². The van der Waals surface area contributed by atoms with Gasteiger partial charge in [0.1, 0.15) is 0 Å². The third kappa shape index (κ3) is 4.23. The van der Waals surface area contributed by atoms with E-state index in [1.807, 2.05) is 0 Å². The highest BCUT2D eigenvalue weighted by molar-refractivity contribution is 6.31. The van der Waals surface area contributed by atoms with Crippen LogP contribution in [-0.2, 0) is 14.3 Å². The highest BCUT2D eigenvalue weighted by atomic mass is 35.5. The van der Waals surface area contributed by atoms with E-state index in [0.29, 0.717) is 21.3 Å². The molecular weight excluding hydrogens is 377 g/mol. The molecule has 1 heterocycles. The summed E-state index contributed by atoms with van der Waals surface area (Å²) in [4.78, 5) is 38.0. The first-order chi connectivity index (χ1) is 12.4. The lowest BCUT2D eigenvalue weighted by Crippen LogP contribution is -2.27. The highest BCUT2D eigenvalue weighted by Gasteiger charge is 2.36. The molecule has 1 fully saturated rings. The molecule has 2 aromatic rings. The Bertz CT molecular complexity index is 834. The van der Waals surface area contributed by atoms with Crippen molar-refractivity contribution in [2.75, 3.05) is 18.1 Å². The van der Waals surface area contributed by atoms with Gasteiger partial charge in [-0.15, -0.1) is 0 Å². The number of nitrogens with zero attached hydrogens (tertiary/aromatic N) is 1. The van der Waals surface area contributed by atoms with Gasteiger partial charge in [0.05, 0.1) is 5.92 Å². The van der Waals surface area contributed by atoms with E-state index in [1.54, 1.807) is 48.5 Å². The number of hydrogen-bond acceptors (Lipinski definition) is 4. The zero-order chi connectivity index (χ0) is 18.7. The molecule has 0 radical (unpaired) electrons. The van der Waals surface area contributed by atoms with Crippen LogP contribution >= 0.6 is 23.2 Å². The van der Waals surface area contributed by atoms with Gasteiger partial charge in [-0.25, -0.2) is 0 Å². The van der Waals surface area contributed by atoms with Gasteiger partial charge in [0.25, 0.3) is 0 Å². The molecule has 26 heavy (non-hydrogen) atoms. The third-order valence-corrected chi connectivity index (χ3v) is 4.61. The van der Waals surface area contributed by atoms with E-state index >= 15 is 0 Å². The average Bonchev–Trinajstić information content (AvgIpc) is 3.02. The average molecular weight is 392 g/mol. The molecule has 2 aromatic carbocycles. The maximum Gasteiger partial charge on any atom is 0.311 e. The number of ketones is 1. The molecule has 0 unspecified atom stereocenters. The second-order valence-corrected chi connectivity index (χ2v) is 6.79. The fourth-order valence-electron chi connectivity index (χ4n) is 2.71. The van der Waals surface area contributed by atoms with Gasteiger partial charge < -0.3 is 9.64 Å². The van der Waals surface area contributed by atoms with Gasteiger partial charge in [-0.2, -0.15) is 0 Å². The first kappa shape index (κ1) is 18.4. The number of carbonyl (C=O) groups excluding carboxylic acids is 3. The second kappa shape index (κ2) is 7.89. The van der Waals surface area contributed by atoms with Crippen molar-refractivity contribution in [1.29, 1.82) is 0 Å². The van der Waals surface area contributed by atoms with Gasteiger partial charge in [-0.3, -0.25) is 14.4 Å². The topological polar surface area (TPSA) is 63.7 Å². The maximum atomic E-state index is 12.2. The number of anilines is 1.